The number of Topliss-reactive ketones (excluding diaryl/α,β-unsaturated/α-hetero) is 1. The van der Waals surface area contributed by atoms with Gasteiger partial charge in [-0.2, -0.15) is 0 Å². The van der Waals surface area contributed by atoms with E-state index in [1.807, 2.05) is 0 Å². The summed E-state index contributed by atoms with van der Waals surface area (Å²) in [6.45, 7) is 0. The third-order valence-corrected chi connectivity index (χ3v) is 3.73. The van der Waals surface area contributed by atoms with Gasteiger partial charge in [0, 0.05) is 6.42 Å². The first-order chi connectivity index (χ1) is 9.47. The predicted molar refractivity (Wildman–Crippen MR) is 68.9 cm³/mol. The van der Waals surface area contributed by atoms with Crippen molar-refractivity contribution in [1.29, 1.82) is 0 Å². The molecule has 1 atom stereocenters. The number of phenols is 2. The van der Waals surface area contributed by atoms with Crippen LogP contribution in [0.5, 0.6) is 17.2 Å². The molecule has 108 valence electrons. The Hall–Kier alpha value is -2.24. The Labute approximate surface area is 115 Å². The minimum atomic E-state index is -1.42. The predicted octanol–water partition coefficient (Wildman–Crippen LogP) is 1.27. The minimum Gasteiger partial charge on any atom is -0.504 e. The van der Waals surface area contributed by atoms with E-state index in [-0.39, 0.29) is 23.5 Å². The molecule has 20 heavy (non-hydrogen) atoms. The van der Waals surface area contributed by atoms with E-state index in [0.29, 0.717) is 12.8 Å². The molecule has 1 aliphatic carbocycles. The maximum absolute atomic E-state index is 12.2. The number of benzene rings is 1. The Kier molecular flexibility index (Phi) is 3.57. The third kappa shape index (κ3) is 1.88. The summed E-state index contributed by atoms with van der Waals surface area (Å²) in [5.74, 6) is -1.78. The van der Waals surface area contributed by atoms with Crippen LogP contribution in [0.2, 0.25) is 0 Å². The summed E-state index contributed by atoms with van der Waals surface area (Å²) in [6, 6.07) is 2.59. The number of ketones is 1. The zero-order chi connectivity index (χ0) is 14.9. The van der Waals surface area contributed by atoms with Crippen molar-refractivity contribution in [3.63, 3.8) is 0 Å². The van der Waals surface area contributed by atoms with Crippen LogP contribution in [0.4, 0.5) is 0 Å². The van der Waals surface area contributed by atoms with Gasteiger partial charge >= 0.3 is 5.97 Å². The van der Waals surface area contributed by atoms with Crippen molar-refractivity contribution in [3.8, 4) is 17.2 Å². The van der Waals surface area contributed by atoms with Crippen LogP contribution in [0.25, 0.3) is 0 Å². The van der Waals surface area contributed by atoms with Crippen molar-refractivity contribution in [3.05, 3.63) is 17.7 Å². The van der Waals surface area contributed by atoms with Gasteiger partial charge in [-0.3, -0.25) is 9.59 Å². The van der Waals surface area contributed by atoms with Gasteiger partial charge < -0.3 is 19.7 Å². The Morgan fingerprint density at radius 1 is 1.30 bits per heavy atom. The van der Waals surface area contributed by atoms with Gasteiger partial charge in [0.05, 0.1) is 14.2 Å². The quantitative estimate of drug-likeness (QED) is 0.492. The fraction of sp³-hybridized carbons (Fsp3) is 0.429. The molecule has 0 spiro atoms. The molecule has 0 saturated heterocycles. The molecule has 1 aliphatic rings. The first kappa shape index (κ1) is 14.2. The molecule has 2 rings (SSSR count). The highest BCUT2D eigenvalue weighted by Gasteiger charge is 2.51. The standard InChI is InChI=1S/C14H16O6/c1-19-10-7-8(6-9(15)12(10)17)14(13(18)20-2)5-3-4-11(14)16/h6-7,15,17H,3-5H2,1-2H3. The molecule has 0 amide bonds. The Bertz CT molecular complexity index is 565. The van der Waals surface area contributed by atoms with Gasteiger partial charge in [0.1, 0.15) is 0 Å². The molecule has 6 heteroatoms. The number of aromatic hydroxyl groups is 2. The van der Waals surface area contributed by atoms with Crippen LogP contribution in [0.15, 0.2) is 12.1 Å². The molecule has 0 aromatic heterocycles. The molecular weight excluding hydrogens is 264 g/mol. The first-order valence-corrected chi connectivity index (χ1v) is 6.19. The number of carbonyl (C=O) groups excluding carboxylic acids is 2. The molecule has 0 radical (unpaired) electrons. The molecule has 1 saturated carbocycles. The van der Waals surface area contributed by atoms with E-state index in [1.165, 1.54) is 26.4 Å². The van der Waals surface area contributed by atoms with Crippen LogP contribution < -0.4 is 4.74 Å². The molecule has 2 N–H and O–H groups in total. The summed E-state index contributed by atoms with van der Waals surface area (Å²) in [5, 5.41) is 19.4. The van der Waals surface area contributed by atoms with Crippen LogP contribution in [0.1, 0.15) is 24.8 Å². The molecule has 0 aliphatic heterocycles. The third-order valence-electron chi connectivity index (χ3n) is 3.73. The molecule has 1 aromatic carbocycles. The zero-order valence-corrected chi connectivity index (χ0v) is 11.3. The van der Waals surface area contributed by atoms with Gasteiger partial charge in [0.2, 0.25) is 5.75 Å². The maximum Gasteiger partial charge on any atom is 0.323 e. The number of hydrogen-bond acceptors (Lipinski definition) is 6. The largest absolute Gasteiger partial charge is 0.504 e. The van der Waals surface area contributed by atoms with E-state index in [0.717, 1.165) is 0 Å². The summed E-state index contributed by atoms with van der Waals surface area (Å²) in [7, 11) is 2.53. The van der Waals surface area contributed by atoms with Gasteiger partial charge in [-0.05, 0) is 30.5 Å². The molecule has 0 bridgehead atoms. The van der Waals surface area contributed by atoms with Crippen molar-refractivity contribution in [2.45, 2.75) is 24.7 Å². The van der Waals surface area contributed by atoms with Crippen molar-refractivity contribution in [2.75, 3.05) is 14.2 Å². The second-order valence-electron chi connectivity index (χ2n) is 4.72. The summed E-state index contributed by atoms with van der Waals surface area (Å²) >= 11 is 0. The van der Waals surface area contributed by atoms with E-state index in [9.17, 15) is 19.8 Å². The van der Waals surface area contributed by atoms with E-state index >= 15 is 0 Å². The summed E-state index contributed by atoms with van der Waals surface area (Å²) in [4.78, 5) is 24.3. The van der Waals surface area contributed by atoms with Crippen molar-refractivity contribution in [1.82, 2.24) is 0 Å². The highest BCUT2D eigenvalue weighted by atomic mass is 16.5. The number of ether oxygens (including phenoxy) is 2. The van der Waals surface area contributed by atoms with Gasteiger partial charge in [0.25, 0.3) is 0 Å². The lowest BCUT2D eigenvalue weighted by Crippen LogP contribution is -2.40. The van der Waals surface area contributed by atoms with Gasteiger partial charge in [-0.1, -0.05) is 0 Å². The van der Waals surface area contributed by atoms with Gasteiger partial charge in [0.15, 0.2) is 22.7 Å². The number of phenolic OH excluding ortho intramolecular Hbond substituents is 2. The summed E-state index contributed by atoms with van der Waals surface area (Å²) in [6.07, 6.45) is 1.16. The monoisotopic (exact) mass is 280 g/mol. The zero-order valence-electron chi connectivity index (χ0n) is 11.3. The minimum absolute atomic E-state index is 0.00276. The lowest BCUT2D eigenvalue weighted by Gasteiger charge is -2.25. The Balaban J connectivity index is 2.64. The van der Waals surface area contributed by atoms with Crippen LogP contribution in [0.3, 0.4) is 0 Å². The second-order valence-corrected chi connectivity index (χ2v) is 4.72. The molecule has 1 unspecified atom stereocenters. The number of rotatable bonds is 3. The van der Waals surface area contributed by atoms with E-state index in [4.69, 9.17) is 9.47 Å². The molecular formula is C14H16O6. The Morgan fingerprint density at radius 3 is 2.50 bits per heavy atom. The average molecular weight is 280 g/mol. The number of methoxy groups -OCH3 is 2. The van der Waals surface area contributed by atoms with Crippen LogP contribution in [-0.4, -0.2) is 36.2 Å². The van der Waals surface area contributed by atoms with E-state index < -0.39 is 22.9 Å². The number of esters is 1. The molecule has 1 aromatic rings. The number of carbonyl (C=O) groups is 2. The molecule has 6 nitrogen and oxygen atoms in total. The smallest absolute Gasteiger partial charge is 0.323 e. The molecule has 1 fully saturated rings. The lowest BCUT2D eigenvalue weighted by atomic mass is 9.77. The van der Waals surface area contributed by atoms with Gasteiger partial charge in [-0.25, -0.2) is 0 Å². The van der Waals surface area contributed by atoms with Crippen LogP contribution in [-0.2, 0) is 19.7 Å². The van der Waals surface area contributed by atoms with Gasteiger partial charge in [-0.15, -0.1) is 0 Å². The first-order valence-electron chi connectivity index (χ1n) is 6.19. The summed E-state index contributed by atoms with van der Waals surface area (Å²) < 4.78 is 9.71. The topological polar surface area (TPSA) is 93.1 Å². The highest BCUT2D eigenvalue weighted by molar-refractivity contribution is 6.11. The van der Waals surface area contributed by atoms with Crippen LogP contribution >= 0.6 is 0 Å². The van der Waals surface area contributed by atoms with E-state index in [2.05, 4.69) is 0 Å². The van der Waals surface area contributed by atoms with Crippen LogP contribution in [0, 0.1) is 0 Å². The molecule has 0 heterocycles. The Morgan fingerprint density at radius 2 is 2.00 bits per heavy atom. The van der Waals surface area contributed by atoms with Crippen molar-refractivity contribution < 1.29 is 29.3 Å². The fourth-order valence-corrected chi connectivity index (χ4v) is 2.68. The normalized spacial score (nSPS) is 21.8. The van der Waals surface area contributed by atoms with E-state index in [1.54, 1.807) is 0 Å². The maximum atomic E-state index is 12.2. The highest BCUT2D eigenvalue weighted by Crippen LogP contribution is 2.45. The number of hydrogen-bond donors (Lipinski definition) is 2. The van der Waals surface area contributed by atoms with Crippen molar-refractivity contribution >= 4 is 11.8 Å². The van der Waals surface area contributed by atoms with Crippen molar-refractivity contribution in [2.24, 2.45) is 0 Å². The summed E-state index contributed by atoms with van der Waals surface area (Å²) in [5.41, 5.74) is -1.15. The second kappa shape index (κ2) is 5.03. The SMILES string of the molecule is COC(=O)C1(c2cc(O)c(O)c(OC)c2)CCCC1=O. The lowest BCUT2D eigenvalue weighted by molar-refractivity contribution is -0.150. The average Bonchev–Trinajstić information content (AvgIpc) is 2.83. The fourth-order valence-electron chi connectivity index (χ4n) is 2.68.